The van der Waals surface area contributed by atoms with E-state index in [2.05, 4.69) is 39.8 Å². The Hall–Kier alpha value is -3.81. The Bertz CT molecular complexity index is 1450. The van der Waals surface area contributed by atoms with Crippen molar-refractivity contribution in [2.75, 3.05) is 19.8 Å². The predicted molar refractivity (Wildman–Crippen MR) is 172 cm³/mol. The highest BCUT2D eigenvalue weighted by Crippen LogP contribution is 2.34. The van der Waals surface area contributed by atoms with Gasteiger partial charge >= 0.3 is 0 Å². The quantitative estimate of drug-likeness (QED) is 0.146. The third-order valence-electron chi connectivity index (χ3n) is 7.41. The molecule has 0 aliphatic heterocycles. The van der Waals surface area contributed by atoms with Crippen molar-refractivity contribution in [2.24, 2.45) is 5.92 Å². The Morgan fingerprint density at radius 1 is 0.674 bits per heavy atom. The molecule has 0 spiro atoms. The zero-order valence-corrected chi connectivity index (χ0v) is 26.4. The first-order chi connectivity index (χ1) is 20.6. The number of aromatic nitrogens is 3. The van der Waals surface area contributed by atoms with Crippen LogP contribution in [0.5, 0.6) is 11.5 Å². The molecule has 4 rings (SSSR count). The van der Waals surface area contributed by atoms with Crippen LogP contribution >= 0.6 is 0 Å². The molecule has 7 heteroatoms. The van der Waals surface area contributed by atoms with Crippen molar-refractivity contribution < 1.29 is 19.7 Å². The molecule has 1 atom stereocenters. The van der Waals surface area contributed by atoms with Gasteiger partial charge in [0.25, 0.3) is 0 Å². The van der Waals surface area contributed by atoms with Crippen LogP contribution in [0.2, 0.25) is 0 Å². The fraction of sp³-hybridized carbons (Fsp3) is 0.417. The standard InChI is InChI=1S/C36H45N3O4/c1-23(2)10-8-7-9-17-42-21-28(40)22-43-29-13-16-32(33(41)20-29)36-38-34(30-14-11-24(3)18-26(30)5)37-35(39-36)31-15-12-25(4)19-27(31)6/h11-16,18-20,23,28,40-41H,7-10,17,21-22H2,1-6H3. The summed E-state index contributed by atoms with van der Waals surface area (Å²) in [6.45, 7) is 13.6. The van der Waals surface area contributed by atoms with Gasteiger partial charge in [0.15, 0.2) is 17.5 Å². The topological polar surface area (TPSA) is 97.6 Å². The van der Waals surface area contributed by atoms with Gasteiger partial charge in [-0.15, -0.1) is 0 Å². The van der Waals surface area contributed by atoms with E-state index >= 15 is 0 Å². The molecule has 0 aliphatic carbocycles. The van der Waals surface area contributed by atoms with E-state index in [9.17, 15) is 10.2 Å². The third-order valence-corrected chi connectivity index (χ3v) is 7.41. The summed E-state index contributed by atoms with van der Waals surface area (Å²) in [6, 6.07) is 17.3. The van der Waals surface area contributed by atoms with Crippen LogP contribution in [0.1, 0.15) is 61.8 Å². The molecule has 0 bridgehead atoms. The van der Waals surface area contributed by atoms with Crippen LogP contribution in [0.4, 0.5) is 0 Å². The summed E-state index contributed by atoms with van der Waals surface area (Å²) in [6.07, 6.45) is 3.80. The summed E-state index contributed by atoms with van der Waals surface area (Å²) in [5.74, 6) is 2.60. The fourth-order valence-corrected chi connectivity index (χ4v) is 5.05. The van der Waals surface area contributed by atoms with Gasteiger partial charge in [0.05, 0.1) is 12.2 Å². The molecule has 2 N–H and O–H groups in total. The lowest BCUT2D eigenvalue weighted by Crippen LogP contribution is -2.23. The number of aromatic hydroxyl groups is 1. The number of aliphatic hydroxyl groups is 1. The van der Waals surface area contributed by atoms with Crippen LogP contribution in [0.3, 0.4) is 0 Å². The second kappa shape index (κ2) is 15.1. The minimum atomic E-state index is -0.762. The number of hydrogen-bond acceptors (Lipinski definition) is 7. The number of hydrogen-bond donors (Lipinski definition) is 2. The van der Waals surface area contributed by atoms with Gasteiger partial charge in [-0.1, -0.05) is 80.6 Å². The molecule has 0 radical (unpaired) electrons. The first kappa shape index (κ1) is 32.1. The maximum atomic E-state index is 11.0. The Balaban J connectivity index is 1.50. The number of nitrogens with zero attached hydrogens (tertiary/aromatic N) is 3. The summed E-state index contributed by atoms with van der Waals surface area (Å²) >= 11 is 0. The second-order valence-electron chi connectivity index (χ2n) is 11.9. The molecule has 7 nitrogen and oxygen atoms in total. The monoisotopic (exact) mass is 583 g/mol. The van der Waals surface area contributed by atoms with Gasteiger partial charge in [0, 0.05) is 23.8 Å². The van der Waals surface area contributed by atoms with E-state index < -0.39 is 6.10 Å². The number of aliphatic hydroxyl groups excluding tert-OH is 1. The molecule has 0 aliphatic rings. The third kappa shape index (κ3) is 9.09. The number of aryl methyl sites for hydroxylation is 4. The highest BCUT2D eigenvalue weighted by molar-refractivity contribution is 5.72. The summed E-state index contributed by atoms with van der Waals surface area (Å²) in [5.41, 5.74) is 6.72. The van der Waals surface area contributed by atoms with Crippen LogP contribution in [0.25, 0.3) is 34.2 Å². The van der Waals surface area contributed by atoms with Gasteiger partial charge in [-0.05, 0) is 63.3 Å². The lowest BCUT2D eigenvalue weighted by atomic mass is 10.0. The summed E-state index contributed by atoms with van der Waals surface area (Å²) in [4.78, 5) is 14.4. The molecular formula is C36H45N3O4. The molecule has 3 aromatic carbocycles. The number of unbranched alkanes of at least 4 members (excludes halogenated alkanes) is 2. The number of ether oxygens (including phenoxy) is 2. The lowest BCUT2D eigenvalue weighted by molar-refractivity contribution is 0.0109. The van der Waals surface area contributed by atoms with Gasteiger partial charge in [0.1, 0.15) is 24.2 Å². The highest BCUT2D eigenvalue weighted by Gasteiger charge is 2.18. The van der Waals surface area contributed by atoms with E-state index in [1.165, 1.54) is 18.9 Å². The molecule has 0 fully saturated rings. The van der Waals surface area contributed by atoms with Crippen molar-refractivity contribution in [3.05, 3.63) is 76.9 Å². The fourth-order valence-electron chi connectivity index (χ4n) is 5.05. The van der Waals surface area contributed by atoms with Gasteiger partial charge in [-0.25, -0.2) is 15.0 Å². The number of benzene rings is 3. The van der Waals surface area contributed by atoms with Crippen molar-refractivity contribution in [1.82, 2.24) is 15.0 Å². The van der Waals surface area contributed by atoms with E-state index in [4.69, 9.17) is 24.4 Å². The maximum absolute atomic E-state index is 11.0. The summed E-state index contributed by atoms with van der Waals surface area (Å²) < 4.78 is 11.4. The van der Waals surface area contributed by atoms with Gasteiger partial charge in [-0.3, -0.25) is 0 Å². The minimum Gasteiger partial charge on any atom is -0.507 e. The van der Waals surface area contributed by atoms with E-state index in [1.807, 2.05) is 38.1 Å². The Labute approximate surface area is 256 Å². The first-order valence-corrected chi connectivity index (χ1v) is 15.2. The van der Waals surface area contributed by atoms with Crippen LogP contribution < -0.4 is 4.74 Å². The van der Waals surface area contributed by atoms with Gasteiger partial charge in [-0.2, -0.15) is 0 Å². The van der Waals surface area contributed by atoms with E-state index in [-0.39, 0.29) is 19.0 Å². The van der Waals surface area contributed by atoms with E-state index in [0.29, 0.717) is 35.4 Å². The molecule has 0 saturated heterocycles. The Morgan fingerprint density at radius 2 is 1.23 bits per heavy atom. The maximum Gasteiger partial charge on any atom is 0.167 e. The molecular weight excluding hydrogens is 538 g/mol. The van der Waals surface area contributed by atoms with Crippen molar-refractivity contribution in [1.29, 1.82) is 0 Å². The molecule has 1 unspecified atom stereocenters. The predicted octanol–water partition coefficient (Wildman–Crippen LogP) is 7.78. The molecule has 228 valence electrons. The van der Waals surface area contributed by atoms with E-state index in [0.717, 1.165) is 52.1 Å². The molecule has 1 aromatic heterocycles. The van der Waals surface area contributed by atoms with Gasteiger partial charge < -0.3 is 19.7 Å². The SMILES string of the molecule is Cc1ccc(-c2nc(-c3ccc(C)cc3C)nc(-c3ccc(OCC(O)COCCCCCC(C)C)cc3O)n2)c(C)c1. The zero-order chi connectivity index (χ0) is 30.9. The number of phenols is 1. The molecule has 0 amide bonds. The molecule has 43 heavy (non-hydrogen) atoms. The molecule has 1 heterocycles. The zero-order valence-electron chi connectivity index (χ0n) is 26.4. The molecule has 0 saturated carbocycles. The summed E-state index contributed by atoms with van der Waals surface area (Å²) in [5, 5.41) is 21.3. The molecule has 4 aromatic rings. The van der Waals surface area contributed by atoms with Crippen LogP contribution in [-0.4, -0.2) is 51.1 Å². The largest absolute Gasteiger partial charge is 0.507 e. The van der Waals surface area contributed by atoms with Crippen molar-refractivity contribution >= 4 is 0 Å². The minimum absolute atomic E-state index is 0.0195. The van der Waals surface area contributed by atoms with Crippen LogP contribution in [0, 0.1) is 33.6 Å². The highest BCUT2D eigenvalue weighted by atomic mass is 16.5. The van der Waals surface area contributed by atoms with E-state index in [1.54, 1.807) is 12.1 Å². The van der Waals surface area contributed by atoms with Gasteiger partial charge in [0.2, 0.25) is 0 Å². The Kier molecular flexibility index (Phi) is 11.3. The average Bonchev–Trinajstić information content (AvgIpc) is 2.95. The summed E-state index contributed by atoms with van der Waals surface area (Å²) in [7, 11) is 0. The van der Waals surface area contributed by atoms with Crippen molar-refractivity contribution in [2.45, 2.75) is 73.3 Å². The second-order valence-corrected chi connectivity index (χ2v) is 11.9. The van der Waals surface area contributed by atoms with Crippen molar-refractivity contribution in [3.8, 4) is 45.7 Å². The normalized spacial score (nSPS) is 12.1. The van der Waals surface area contributed by atoms with Crippen molar-refractivity contribution in [3.63, 3.8) is 0 Å². The smallest absolute Gasteiger partial charge is 0.167 e. The average molecular weight is 584 g/mol. The Morgan fingerprint density at radius 3 is 1.77 bits per heavy atom. The number of phenolic OH excluding ortho intramolecular Hbond substituents is 1. The van der Waals surface area contributed by atoms with Crippen LogP contribution in [-0.2, 0) is 4.74 Å². The number of rotatable bonds is 14. The first-order valence-electron chi connectivity index (χ1n) is 15.2. The lowest BCUT2D eigenvalue weighted by Gasteiger charge is -2.15. The van der Waals surface area contributed by atoms with Crippen LogP contribution in [0.15, 0.2) is 54.6 Å².